The molecule has 0 radical (unpaired) electrons. The molecule has 2 heterocycles. The number of sulfonamides is 1. The van der Waals surface area contributed by atoms with Crippen molar-refractivity contribution in [3.63, 3.8) is 0 Å². The van der Waals surface area contributed by atoms with Crippen LogP contribution in [0.25, 0.3) is 0 Å². The van der Waals surface area contributed by atoms with E-state index < -0.39 is 10.0 Å². The summed E-state index contributed by atoms with van der Waals surface area (Å²) in [6.45, 7) is 1.93. The van der Waals surface area contributed by atoms with Gasteiger partial charge in [-0.25, -0.2) is 8.42 Å². The second kappa shape index (κ2) is 6.06. The zero-order chi connectivity index (χ0) is 17.9. The minimum Gasteiger partial charge on any atom is -0.312 e. The van der Waals surface area contributed by atoms with E-state index in [9.17, 15) is 13.2 Å². The number of fused-ring (bicyclic) bond motifs is 2. The lowest BCUT2D eigenvalue weighted by atomic mass is 10.0. The number of hydrogen-bond donors (Lipinski definition) is 0. The second-order valence-electron chi connectivity index (χ2n) is 8.28. The Kier molecular flexibility index (Phi) is 3.90. The van der Waals surface area contributed by atoms with Crippen LogP contribution >= 0.6 is 0 Å². The van der Waals surface area contributed by atoms with Crippen molar-refractivity contribution in [1.29, 1.82) is 0 Å². The van der Waals surface area contributed by atoms with Crippen molar-refractivity contribution in [3.8, 4) is 0 Å². The van der Waals surface area contributed by atoms with E-state index in [0.29, 0.717) is 36.4 Å². The van der Waals surface area contributed by atoms with E-state index in [4.69, 9.17) is 0 Å². The molecule has 26 heavy (non-hydrogen) atoms. The average Bonchev–Trinajstić information content (AvgIpc) is 3.02. The normalized spacial score (nSPS) is 30.9. The van der Waals surface area contributed by atoms with Crippen molar-refractivity contribution in [2.45, 2.75) is 49.8 Å². The van der Waals surface area contributed by atoms with E-state index >= 15 is 0 Å². The Labute approximate surface area is 155 Å². The number of benzene rings is 1. The summed E-state index contributed by atoms with van der Waals surface area (Å²) in [6.07, 6.45) is 7.57. The van der Waals surface area contributed by atoms with Gasteiger partial charge in [-0.15, -0.1) is 0 Å². The van der Waals surface area contributed by atoms with Crippen LogP contribution in [-0.4, -0.2) is 38.3 Å². The number of anilines is 1. The summed E-state index contributed by atoms with van der Waals surface area (Å²) in [5.74, 6) is 1.71. The predicted octanol–water partition coefficient (Wildman–Crippen LogP) is 2.80. The summed E-state index contributed by atoms with van der Waals surface area (Å²) >= 11 is 0. The summed E-state index contributed by atoms with van der Waals surface area (Å²) in [7, 11) is -3.39. The first-order chi connectivity index (χ1) is 12.6. The fourth-order valence-electron chi connectivity index (χ4n) is 5.38. The Hall–Kier alpha value is -1.40. The van der Waals surface area contributed by atoms with Gasteiger partial charge < -0.3 is 4.90 Å². The molecule has 2 aliphatic carbocycles. The van der Waals surface area contributed by atoms with Crippen LogP contribution in [0, 0.1) is 17.8 Å². The first-order valence-corrected chi connectivity index (χ1v) is 11.5. The molecule has 1 aromatic carbocycles. The first-order valence-electron chi connectivity index (χ1n) is 10.0. The Morgan fingerprint density at radius 2 is 1.65 bits per heavy atom. The molecule has 1 aromatic rings. The highest BCUT2D eigenvalue weighted by Gasteiger charge is 2.56. The smallest absolute Gasteiger partial charge is 0.243 e. The number of rotatable bonds is 3. The van der Waals surface area contributed by atoms with E-state index in [1.165, 1.54) is 25.7 Å². The summed E-state index contributed by atoms with van der Waals surface area (Å²) in [4.78, 5) is 15.3. The summed E-state index contributed by atoms with van der Waals surface area (Å²) in [6, 6.07) is 5.35. The highest BCUT2D eigenvalue weighted by molar-refractivity contribution is 7.89. The molecular formula is C20H26N2O3S. The van der Waals surface area contributed by atoms with Crippen molar-refractivity contribution in [3.05, 3.63) is 23.8 Å². The number of hydrogen-bond acceptors (Lipinski definition) is 3. The molecule has 140 valence electrons. The van der Waals surface area contributed by atoms with Gasteiger partial charge in [-0.1, -0.05) is 12.8 Å². The molecule has 3 fully saturated rings. The molecule has 2 atom stereocenters. The number of carbonyl (C=O) groups is 1. The van der Waals surface area contributed by atoms with Crippen molar-refractivity contribution in [1.82, 2.24) is 4.31 Å². The fraction of sp³-hybridized carbons (Fsp3) is 0.650. The highest BCUT2D eigenvalue weighted by Crippen LogP contribution is 2.56. The Bertz CT molecular complexity index is 833. The topological polar surface area (TPSA) is 57.7 Å². The lowest BCUT2D eigenvalue weighted by molar-refractivity contribution is -0.120. The molecule has 5 nitrogen and oxygen atoms in total. The highest BCUT2D eigenvalue weighted by atomic mass is 32.2. The zero-order valence-corrected chi connectivity index (χ0v) is 15.9. The maximum atomic E-state index is 13.0. The second-order valence-corrected chi connectivity index (χ2v) is 10.2. The molecule has 0 N–H and O–H groups in total. The molecule has 0 spiro atoms. The zero-order valence-electron chi connectivity index (χ0n) is 15.1. The lowest BCUT2D eigenvalue weighted by Gasteiger charge is -2.19. The van der Waals surface area contributed by atoms with Gasteiger partial charge in [0.1, 0.15) is 0 Å². The third-order valence-corrected chi connectivity index (χ3v) is 8.75. The molecule has 0 bridgehead atoms. The van der Waals surface area contributed by atoms with Crippen LogP contribution in [0.1, 0.15) is 44.1 Å². The van der Waals surface area contributed by atoms with Gasteiger partial charge in [-0.05, 0) is 67.7 Å². The third-order valence-electron chi connectivity index (χ3n) is 6.86. The van der Waals surface area contributed by atoms with Crippen LogP contribution in [-0.2, 0) is 21.2 Å². The van der Waals surface area contributed by atoms with Crippen LogP contribution in [0.3, 0.4) is 0 Å². The Balaban J connectivity index is 1.38. The largest absolute Gasteiger partial charge is 0.312 e. The minimum atomic E-state index is -3.39. The van der Waals surface area contributed by atoms with Gasteiger partial charge in [0.15, 0.2) is 0 Å². The molecule has 1 amide bonds. The van der Waals surface area contributed by atoms with E-state index in [1.807, 2.05) is 11.0 Å². The summed E-state index contributed by atoms with van der Waals surface area (Å²) in [5.41, 5.74) is 1.93. The maximum Gasteiger partial charge on any atom is 0.243 e. The summed E-state index contributed by atoms with van der Waals surface area (Å²) < 4.78 is 27.2. The molecule has 4 aliphatic rings. The van der Waals surface area contributed by atoms with Gasteiger partial charge >= 0.3 is 0 Å². The number of amides is 1. The molecule has 2 saturated carbocycles. The fourth-order valence-corrected chi connectivity index (χ4v) is 6.95. The molecular weight excluding hydrogens is 348 g/mol. The van der Waals surface area contributed by atoms with Crippen LogP contribution in [0.2, 0.25) is 0 Å². The minimum absolute atomic E-state index is 0.219. The van der Waals surface area contributed by atoms with Gasteiger partial charge in [0, 0.05) is 31.2 Å². The van der Waals surface area contributed by atoms with E-state index in [0.717, 1.165) is 30.5 Å². The molecule has 0 unspecified atom stereocenters. The lowest BCUT2D eigenvalue weighted by Crippen LogP contribution is -2.31. The number of carbonyl (C=O) groups excluding carboxylic acids is 1. The van der Waals surface area contributed by atoms with Crippen molar-refractivity contribution < 1.29 is 13.2 Å². The average molecular weight is 375 g/mol. The third kappa shape index (κ3) is 2.53. The van der Waals surface area contributed by atoms with Crippen LogP contribution in [0.4, 0.5) is 5.69 Å². The van der Waals surface area contributed by atoms with Crippen molar-refractivity contribution >= 4 is 21.6 Å². The molecule has 0 aromatic heterocycles. The van der Waals surface area contributed by atoms with Crippen LogP contribution in [0.15, 0.2) is 23.1 Å². The van der Waals surface area contributed by atoms with E-state index in [-0.39, 0.29) is 11.8 Å². The van der Waals surface area contributed by atoms with E-state index in [1.54, 1.807) is 16.4 Å². The van der Waals surface area contributed by atoms with Crippen LogP contribution in [0.5, 0.6) is 0 Å². The standard InChI is InChI=1S/C20H26N2O3S/c23-20(19-16-5-1-2-6-17(16)19)22-12-9-14-13-15(7-8-18(14)22)26(24,25)21-10-3-4-11-21/h7-8,13,16-17,19H,1-6,9-12H2/t16-,17-/m1/s1. The molecule has 1 saturated heterocycles. The Morgan fingerprint density at radius 1 is 0.962 bits per heavy atom. The van der Waals surface area contributed by atoms with Gasteiger partial charge in [0.05, 0.1) is 4.90 Å². The van der Waals surface area contributed by atoms with Crippen molar-refractivity contribution in [2.24, 2.45) is 17.8 Å². The first kappa shape index (κ1) is 16.8. The van der Waals surface area contributed by atoms with E-state index in [2.05, 4.69) is 0 Å². The number of nitrogens with zero attached hydrogens (tertiary/aromatic N) is 2. The SMILES string of the molecule is O=C(C1[C@@H]2CCCC[C@@H]12)N1CCc2cc(S(=O)(=O)N3CCCC3)ccc21. The quantitative estimate of drug-likeness (QED) is 0.817. The van der Waals surface area contributed by atoms with Gasteiger partial charge in [-0.2, -0.15) is 4.31 Å². The van der Waals surface area contributed by atoms with Crippen LogP contribution < -0.4 is 4.90 Å². The predicted molar refractivity (Wildman–Crippen MR) is 99.4 cm³/mol. The summed E-state index contributed by atoms with van der Waals surface area (Å²) in [5, 5.41) is 0. The molecule has 2 aliphatic heterocycles. The molecule has 6 heteroatoms. The van der Waals surface area contributed by atoms with Crippen molar-refractivity contribution in [2.75, 3.05) is 24.5 Å². The Morgan fingerprint density at radius 3 is 2.35 bits per heavy atom. The van der Waals surface area contributed by atoms with Gasteiger partial charge in [-0.3, -0.25) is 4.79 Å². The monoisotopic (exact) mass is 374 g/mol. The van der Waals surface area contributed by atoms with Gasteiger partial charge in [0.2, 0.25) is 15.9 Å². The molecule has 5 rings (SSSR count). The maximum absolute atomic E-state index is 13.0. The van der Waals surface area contributed by atoms with Gasteiger partial charge in [0.25, 0.3) is 0 Å².